The Bertz CT molecular complexity index is 544. The Labute approximate surface area is 98.5 Å². The van der Waals surface area contributed by atoms with Crippen molar-refractivity contribution in [2.24, 2.45) is 0 Å². The third-order valence-electron chi connectivity index (χ3n) is 2.90. The fourth-order valence-corrected chi connectivity index (χ4v) is 2.27. The van der Waals surface area contributed by atoms with Gasteiger partial charge in [0.05, 0.1) is 17.8 Å². The topological polar surface area (TPSA) is 40.7 Å². The molecule has 3 nitrogen and oxygen atoms in total. The third-order valence-corrected chi connectivity index (χ3v) is 3.11. The quantitative estimate of drug-likeness (QED) is 0.588. The molecule has 0 bridgehead atoms. The summed E-state index contributed by atoms with van der Waals surface area (Å²) in [5.74, 6) is 0. The minimum absolute atomic E-state index is 0.279. The number of nitrogens with zero attached hydrogens (tertiary/aromatic N) is 1. The molecule has 0 saturated carbocycles. The van der Waals surface area contributed by atoms with Gasteiger partial charge in [-0.1, -0.05) is 23.8 Å². The lowest BCUT2D eigenvalue weighted by atomic mass is 10.0. The van der Waals surface area contributed by atoms with Crippen molar-refractivity contribution in [1.82, 2.24) is 15.3 Å². The van der Waals surface area contributed by atoms with E-state index in [1.54, 1.807) is 6.20 Å². The van der Waals surface area contributed by atoms with Gasteiger partial charge in [0.15, 0.2) is 0 Å². The van der Waals surface area contributed by atoms with E-state index < -0.39 is 0 Å². The van der Waals surface area contributed by atoms with Crippen LogP contribution in [0.3, 0.4) is 0 Å². The number of H-pyrrole nitrogens is 1. The van der Waals surface area contributed by atoms with Gasteiger partial charge in [-0.15, -0.1) is 0 Å². The third kappa shape index (κ3) is 1.62. The van der Waals surface area contributed by atoms with E-state index in [9.17, 15) is 0 Å². The summed E-state index contributed by atoms with van der Waals surface area (Å²) < 4.78 is 0. The Hall–Kier alpha value is -1.32. The van der Waals surface area contributed by atoms with Gasteiger partial charge < -0.3 is 10.3 Å². The van der Waals surface area contributed by atoms with E-state index in [0.29, 0.717) is 5.15 Å². The van der Waals surface area contributed by atoms with Gasteiger partial charge >= 0.3 is 0 Å². The molecule has 0 saturated heterocycles. The highest BCUT2D eigenvalue weighted by Crippen LogP contribution is 2.27. The molecule has 0 radical (unpaired) electrons. The zero-order valence-electron chi connectivity index (χ0n) is 8.70. The van der Waals surface area contributed by atoms with Gasteiger partial charge in [0.1, 0.15) is 5.15 Å². The van der Waals surface area contributed by atoms with Crippen LogP contribution in [0.5, 0.6) is 0 Å². The number of aromatic amines is 1. The molecule has 82 valence electrons. The molecule has 16 heavy (non-hydrogen) atoms. The number of pyridine rings is 1. The number of rotatable bonds is 1. The highest BCUT2D eigenvalue weighted by Gasteiger charge is 2.14. The maximum atomic E-state index is 5.92. The van der Waals surface area contributed by atoms with Crippen LogP contribution in [0.4, 0.5) is 0 Å². The van der Waals surface area contributed by atoms with Crippen LogP contribution in [-0.2, 0) is 0 Å². The molecule has 0 spiro atoms. The van der Waals surface area contributed by atoms with Gasteiger partial charge in [0.25, 0.3) is 0 Å². The van der Waals surface area contributed by atoms with Crippen LogP contribution in [0, 0.1) is 0 Å². The van der Waals surface area contributed by atoms with Gasteiger partial charge in [-0.3, -0.25) is 0 Å². The van der Waals surface area contributed by atoms with Crippen molar-refractivity contribution in [2.45, 2.75) is 12.5 Å². The van der Waals surface area contributed by atoms with Crippen LogP contribution in [0.2, 0.25) is 5.15 Å². The van der Waals surface area contributed by atoms with Crippen LogP contribution in [0.25, 0.3) is 10.9 Å². The monoisotopic (exact) mass is 233 g/mol. The summed E-state index contributed by atoms with van der Waals surface area (Å²) in [6, 6.07) is 2.19. The molecule has 4 heteroatoms. The predicted molar refractivity (Wildman–Crippen MR) is 65.6 cm³/mol. The molecular weight excluding hydrogens is 222 g/mol. The Morgan fingerprint density at radius 2 is 2.38 bits per heavy atom. The van der Waals surface area contributed by atoms with E-state index >= 15 is 0 Å². The zero-order chi connectivity index (χ0) is 11.0. The fraction of sp³-hybridized carbons (Fsp3) is 0.250. The molecule has 0 aliphatic carbocycles. The molecule has 2 aromatic rings. The standard InChI is InChI=1S/C12H12ClN3/c13-12-5-8-9(6-15-11(8)7-16-12)10-3-1-2-4-14-10/h1,3,5-7,10,14-15H,2,4H2. The second-order valence-electron chi connectivity index (χ2n) is 3.95. The van der Waals surface area contributed by atoms with E-state index in [1.165, 1.54) is 5.56 Å². The highest BCUT2D eigenvalue weighted by molar-refractivity contribution is 6.30. The average molecular weight is 234 g/mol. The molecule has 1 unspecified atom stereocenters. The van der Waals surface area contributed by atoms with E-state index in [1.807, 2.05) is 12.3 Å². The molecule has 2 N–H and O–H groups in total. The number of halogens is 1. The molecule has 1 atom stereocenters. The normalized spacial score (nSPS) is 20.4. The molecule has 2 aromatic heterocycles. The number of nitrogens with one attached hydrogen (secondary N) is 2. The van der Waals surface area contributed by atoms with Crippen molar-refractivity contribution in [1.29, 1.82) is 0 Å². The molecule has 3 heterocycles. The molecule has 0 fully saturated rings. The lowest BCUT2D eigenvalue weighted by Crippen LogP contribution is -2.23. The summed E-state index contributed by atoms with van der Waals surface area (Å²) in [4.78, 5) is 7.28. The van der Waals surface area contributed by atoms with Crippen molar-refractivity contribution in [3.63, 3.8) is 0 Å². The van der Waals surface area contributed by atoms with Crippen molar-refractivity contribution in [3.05, 3.63) is 41.3 Å². The Morgan fingerprint density at radius 3 is 3.19 bits per heavy atom. The first-order valence-electron chi connectivity index (χ1n) is 5.37. The number of fused-ring (bicyclic) bond motifs is 1. The van der Waals surface area contributed by atoms with Crippen LogP contribution in [-0.4, -0.2) is 16.5 Å². The minimum atomic E-state index is 0.279. The van der Waals surface area contributed by atoms with Gasteiger partial charge in [0, 0.05) is 11.6 Å². The van der Waals surface area contributed by atoms with E-state index in [-0.39, 0.29) is 6.04 Å². The summed E-state index contributed by atoms with van der Waals surface area (Å²) in [6.45, 7) is 1.02. The SMILES string of the molecule is Clc1cc2c(C3C=CCCN3)c[nH]c2cn1. The highest BCUT2D eigenvalue weighted by atomic mass is 35.5. The largest absolute Gasteiger partial charge is 0.360 e. The summed E-state index contributed by atoms with van der Waals surface area (Å²) in [5, 5.41) is 5.14. The molecule has 0 amide bonds. The molecular formula is C12H12ClN3. The Balaban J connectivity index is 2.12. The summed E-state index contributed by atoms with van der Waals surface area (Å²) in [7, 11) is 0. The fourth-order valence-electron chi connectivity index (χ4n) is 2.11. The first-order chi connectivity index (χ1) is 7.84. The lowest BCUT2D eigenvalue weighted by Gasteiger charge is -2.17. The predicted octanol–water partition coefficient (Wildman–Crippen LogP) is 2.81. The number of hydrogen-bond donors (Lipinski definition) is 2. The maximum Gasteiger partial charge on any atom is 0.129 e. The van der Waals surface area contributed by atoms with Crippen molar-refractivity contribution >= 4 is 22.5 Å². The second-order valence-corrected chi connectivity index (χ2v) is 4.33. The second kappa shape index (κ2) is 3.92. The Kier molecular flexibility index (Phi) is 2.42. The van der Waals surface area contributed by atoms with E-state index in [4.69, 9.17) is 11.6 Å². The molecule has 3 rings (SSSR count). The number of hydrogen-bond acceptors (Lipinski definition) is 2. The summed E-state index contributed by atoms with van der Waals surface area (Å²) in [5.41, 5.74) is 2.26. The minimum Gasteiger partial charge on any atom is -0.360 e. The van der Waals surface area contributed by atoms with Crippen LogP contribution in [0.1, 0.15) is 18.0 Å². The van der Waals surface area contributed by atoms with E-state index in [0.717, 1.165) is 23.9 Å². The lowest BCUT2D eigenvalue weighted by molar-refractivity contribution is 0.604. The van der Waals surface area contributed by atoms with Crippen LogP contribution in [0.15, 0.2) is 30.6 Å². The first kappa shape index (κ1) is 9.87. The number of aromatic nitrogens is 2. The molecule has 1 aliphatic rings. The average Bonchev–Trinajstić information content (AvgIpc) is 2.73. The summed E-state index contributed by atoms with van der Waals surface area (Å²) in [6.07, 6.45) is 9.30. The van der Waals surface area contributed by atoms with Crippen molar-refractivity contribution in [3.8, 4) is 0 Å². The van der Waals surface area contributed by atoms with Crippen LogP contribution < -0.4 is 5.32 Å². The van der Waals surface area contributed by atoms with Crippen molar-refractivity contribution in [2.75, 3.05) is 6.54 Å². The smallest absolute Gasteiger partial charge is 0.129 e. The first-order valence-corrected chi connectivity index (χ1v) is 5.75. The van der Waals surface area contributed by atoms with Gasteiger partial charge in [0.2, 0.25) is 0 Å². The Morgan fingerprint density at radius 1 is 1.44 bits per heavy atom. The summed E-state index contributed by atoms with van der Waals surface area (Å²) >= 11 is 5.92. The van der Waals surface area contributed by atoms with Crippen molar-refractivity contribution < 1.29 is 0 Å². The van der Waals surface area contributed by atoms with Crippen LogP contribution >= 0.6 is 11.6 Å². The maximum absolute atomic E-state index is 5.92. The molecule has 0 aromatic carbocycles. The van der Waals surface area contributed by atoms with Gasteiger partial charge in [-0.2, -0.15) is 0 Å². The van der Waals surface area contributed by atoms with Gasteiger partial charge in [-0.05, 0) is 24.6 Å². The molecule has 1 aliphatic heterocycles. The van der Waals surface area contributed by atoms with Gasteiger partial charge in [-0.25, -0.2) is 4.98 Å². The zero-order valence-corrected chi connectivity index (χ0v) is 9.46. The van der Waals surface area contributed by atoms with E-state index in [2.05, 4.69) is 27.4 Å².